The molecule has 1 unspecified atom stereocenters. The monoisotopic (exact) mass is 266 g/mol. The Bertz CT molecular complexity index is 410. The standard InChI is InChI=1S/C15H26N2O2/c1-10(2)14(16)8-15(18)17(11(3)4)9-13-7-6-12(5)19-13/h6-7,10-11,14H,8-9,16H2,1-5H3. The number of nitrogens with two attached hydrogens (primary N) is 1. The molecule has 0 saturated heterocycles. The summed E-state index contributed by atoms with van der Waals surface area (Å²) in [4.78, 5) is 14.1. The molecule has 0 aliphatic rings. The zero-order valence-corrected chi connectivity index (χ0v) is 12.6. The maximum atomic E-state index is 12.3. The summed E-state index contributed by atoms with van der Waals surface area (Å²) in [6.45, 7) is 10.5. The van der Waals surface area contributed by atoms with Crippen molar-refractivity contribution >= 4 is 5.91 Å². The van der Waals surface area contributed by atoms with Crippen LogP contribution in [-0.4, -0.2) is 22.9 Å². The van der Waals surface area contributed by atoms with E-state index >= 15 is 0 Å². The molecule has 1 aromatic rings. The maximum absolute atomic E-state index is 12.3. The Kier molecular flexibility index (Phi) is 5.60. The third kappa shape index (κ3) is 4.71. The number of rotatable bonds is 6. The Morgan fingerprint density at radius 1 is 1.32 bits per heavy atom. The molecule has 19 heavy (non-hydrogen) atoms. The molecule has 1 rings (SSSR count). The summed E-state index contributed by atoms with van der Waals surface area (Å²) < 4.78 is 5.54. The minimum atomic E-state index is -0.0907. The Morgan fingerprint density at radius 3 is 2.37 bits per heavy atom. The van der Waals surface area contributed by atoms with Gasteiger partial charge in [-0.15, -0.1) is 0 Å². The van der Waals surface area contributed by atoms with Crippen molar-refractivity contribution in [3.8, 4) is 0 Å². The van der Waals surface area contributed by atoms with Crippen molar-refractivity contribution in [3.05, 3.63) is 23.7 Å². The highest BCUT2D eigenvalue weighted by Gasteiger charge is 2.22. The molecule has 0 saturated carbocycles. The van der Waals surface area contributed by atoms with Gasteiger partial charge in [0, 0.05) is 18.5 Å². The summed E-state index contributed by atoms with van der Waals surface area (Å²) in [6.07, 6.45) is 0.384. The van der Waals surface area contributed by atoms with Crippen LogP contribution in [0.2, 0.25) is 0 Å². The molecule has 0 aliphatic carbocycles. The van der Waals surface area contributed by atoms with E-state index in [1.807, 2.05) is 51.7 Å². The molecule has 1 amide bonds. The first-order valence-electron chi connectivity index (χ1n) is 6.91. The quantitative estimate of drug-likeness (QED) is 0.861. The van der Waals surface area contributed by atoms with Crippen LogP contribution >= 0.6 is 0 Å². The number of amides is 1. The van der Waals surface area contributed by atoms with Gasteiger partial charge in [-0.05, 0) is 38.8 Å². The second kappa shape index (κ2) is 6.75. The van der Waals surface area contributed by atoms with Gasteiger partial charge in [-0.1, -0.05) is 13.8 Å². The molecule has 4 nitrogen and oxygen atoms in total. The van der Waals surface area contributed by atoms with Gasteiger partial charge in [-0.25, -0.2) is 0 Å². The summed E-state index contributed by atoms with van der Waals surface area (Å²) in [5, 5.41) is 0. The molecule has 4 heteroatoms. The van der Waals surface area contributed by atoms with Crippen molar-refractivity contribution in [2.24, 2.45) is 11.7 Å². The summed E-state index contributed by atoms with van der Waals surface area (Å²) in [5.74, 6) is 2.08. The smallest absolute Gasteiger partial charge is 0.224 e. The number of furan rings is 1. The van der Waals surface area contributed by atoms with E-state index in [1.165, 1.54) is 0 Å². The van der Waals surface area contributed by atoms with Gasteiger partial charge in [0.1, 0.15) is 11.5 Å². The highest BCUT2D eigenvalue weighted by molar-refractivity contribution is 5.77. The minimum Gasteiger partial charge on any atom is -0.464 e. The van der Waals surface area contributed by atoms with Crippen molar-refractivity contribution in [1.29, 1.82) is 0 Å². The van der Waals surface area contributed by atoms with Gasteiger partial charge in [0.2, 0.25) is 5.91 Å². The number of carbonyl (C=O) groups is 1. The lowest BCUT2D eigenvalue weighted by atomic mass is 10.0. The molecule has 0 radical (unpaired) electrons. The van der Waals surface area contributed by atoms with Gasteiger partial charge in [0.25, 0.3) is 0 Å². The minimum absolute atomic E-state index is 0.0882. The number of hydrogen-bond donors (Lipinski definition) is 1. The molecule has 1 heterocycles. The van der Waals surface area contributed by atoms with E-state index in [1.54, 1.807) is 0 Å². The molecule has 0 aromatic carbocycles. The molecular weight excluding hydrogens is 240 g/mol. The van der Waals surface area contributed by atoms with E-state index in [0.29, 0.717) is 18.9 Å². The van der Waals surface area contributed by atoms with Gasteiger partial charge >= 0.3 is 0 Å². The second-order valence-electron chi connectivity index (χ2n) is 5.74. The average Bonchev–Trinajstić information content (AvgIpc) is 2.71. The predicted molar refractivity (Wildman–Crippen MR) is 76.6 cm³/mol. The lowest BCUT2D eigenvalue weighted by Crippen LogP contribution is -2.41. The van der Waals surface area contributed by atoms with Crippen molar-refractivity contribution in [2.45, 2.75) is 59.7 Å². The predicted octanol–water partition coefficient (Wildman–Crippen LogP) is 2.70. The molecule has 1 aromatic heterocycles. The van der Waals surface area contributed by atoms with Crippen LogP contribution in [0.4, 0.5) is 0 Å². The van der Waals surface area contributed by atoms with Gasteiger partial charge < -0.3 is 15.1 Å². The van der Waals surface area contributed by atoms with Crippen LogP contribution in [0.1, 0.15) is 45.6 Å². The van der Waals surface area contributed by atoms with Crippen molar-refractivity contribution < 1.29 is 9.21 Å². The number of aryl methyl sites for hydroxylation is 1. The highest BCUT2D eigenvalue weighted by atomic mass is 16.3. The van der Waals surface area contributed by atoms with Crippen molar-refractivity contribution in [2.75, 3.05) is 0 Å². The normalized spacial score (nSPS) is 13.1. The average molecular weight is 266 g/mol. The Morgan fingerprint density at radius 2 is 1.95 bits per heavy atom. The topological polar surface area (TPSA) is 59.5 Å². The van der Waals surface area contributed by atoms with Crippen LogP contribution in [0.3, 0.4) is 0 Å². The lowest BCUT2D eigenvalue weighted by molar-refractivity contribution is -0.134. The first-order chi connectivity index (χ1) is 8.81. The maximum Gasteiger partial charge on any atom is 0.224 e. The van der Waals surface area contributed by atoms with Crippen LogP contribution in [0.25, 0.3) is 0 Å². The Labute approximate surface area is 116 Å². The number of hydrogen-bond acceptors (Lipinski definition) is 3. The summed E-state index contributed by atoms with van der Waals surface area (Å²) in [5.41, 5.74) is 5.98. The van der Waals surface area contributed by atoms with Crippen LogP contribution in [0.15, 0.2) is 16.5 Å². The fraction of sp³-hybridized carbons (Fsp3) is 0.667. The molecule has 2 N–H and O–H groups in total. The molecule has 108 valence electrons. The first kappa shape index (κ1) is 15.8. The van der Waals surface area contributed by atoms with E-state index in [2.05, 4.69) is 0 Å². The molecule has 0 aliphatic heterocycles. The van der Waals surface area contributed by atoms with E-state index in [9.17, 15) is 4.79 Å². The van der Waals surface area contributed by atoms with E-state index in [0.717, 1.165) is 11.5 Å². The fourth-order valence-electron chi connectivity index (χ4n) is 1.85. The summed E-state index contributed by atoms with van der Waals surface area (Å²) in [6, 6.07) is 3.88. The van der Waals surface area contributed by atoms with E-state index < -0.39 is 0 Å². The van der Waals surface area contributed by atoms with E-state index in [4.69, 9.17) is 10.2 Å². The molecular formula is C15H26N2O2. The van der Waals surface area contributed by atoms with Crippen molar-refractivity contribution in [3.63, 3.8) is 0 Å². The Balaban J connectivity index is 2.69. The van der Waals surface area contributed by atoms with Crippen LogP contribution in [0, 0.1) is 12.8 Å². The van der Waals surface area contributed by atoms with Gasteiger partial charge in [0.05, 0.1) is 6.54 Å². The molecule has 1 atom stereocenters. The second-order valence-corrected chi connectivity index (χ2v) is 5.74. The van der Waals surface area contributed by atoms with Crippen LogP contribution < -0.4 is 5.73 Å². The fourth-order valence-corrected chi connectivity index (χ4v) is 1.85. The third-order valence-electron chi connectivity index (χ3n) is 3.33. The zero-order valence-electron chi connectivity index (χ0n) is 12.6. The van der Waals surface area contributed by atoms with Crippen LogP contribution in [0.5, 0.6) is 0 Å². The number of carbonyl (C=O) groups excluding carboxylic acids is 1. The molecule has 0 spiro atoms. The van der Waals surface area contributed by atoms with Gasteiger partial charge in [-0.3, -0.25) is 4.79 Å². The molecule has 0 fully saturated rings. The zero-order chi connectivity index (χ0) is 14.6. The number of nitrogens with zero attached hydrogens (tertiary/aromatic N) is 1. The molecule has 0 bridgehead atoms. The Hall–Kier alpha value is -1.29. The van der Waals surface area contributed by atoms with Gasteiger partial charge in [-0.2, -0.15) is 0 Å². The summed E-state index contributed by atoms with van der Waals surface area (Å²) in [7, 11) is 0. The SMILES string of the molecule is Cc1ccc(CN(C(=O)CC(N)C(C)C)C(C)C)o1. The van der Waals surface area contributed by atoms with Crippen molar-refractivity contribution in [1.82, 2.24) is 4.90 Å². The van der Waals surface area contributed by atoms with E-state index in [-0.39, 0.29) is 18.0 Å². The summed E-state index contributed by atoms with van der Waals surface area (Å²) >= 11 is 0. The third-order valence-corrected chi connectivity index (χ3v) is 3.33. The largest absolute Gasteiger partial charge is 0.464 e. The van der Waals surface area contributed by atoms with Gasteiger partial charge in [0.15, 0.2) is 0 Å². The van der Waals surface area contributed by atoms with Crippen LogP contribution in [-0.2, 0) is 11.3 Å². The first-order valence-corrected chi connectivity index (χ1v) is 6.91. The highest BCUT2D eigenvalue weighted by Crippen LogP contribution is 2.14. The lowest BCUT2D eigenvalue weighted by Gasteiger charge is -2.28.